The number of carbonyl (C=O) groups excluding carboxylic acids is 1. The zero-order valence-electron chi connectivity index (χ0n) is 12.6. The molecule has 2 aliphatic rings. The van der Waals surface area contributed by atoms with Crippen LogP contribution in [-0.4, -0.2) is 36.3 Å². The molecule has 1 aromatic heterocycles. The van der Waals surface area contributed by atoms with E-state index in [0.717, 1.165) is 49.7 Å². The van der Waals surface area contributed by atoms with Crippen LogP contribution >= 0.6 is 11.3 Å². The summed E-state index contributed by atoms with van der Waals surface area (Å²) in [6.07, 6.45) is 3.73. The Morgan fingerprint density at radius 2 is 2.29 bits per heavy atom. The maximum absolute atomic E-state index is 12.0. The highest BCUT2D eigenvalue weighted by atomic mass is 32.1. The monoisotopic (exact) mass is 310 g/mol. The van der Waals surface area contributed by atoms with E-state index in [-0.39, 0.29) is 17.4 Å². The van der Waals surface area contributed by atoms with Gasteiger partial charge in [-0.15, -0.1) is 11.3 Å². The maximum atomic E-state index is 12.0. The van der Waals surface area contributed by atoms with E-state index in [0.29, 0.717) is 6.61 Å². The number of aromatic nitrogens is 1. The van der Waals surface area contributed by atoms with Crippen LogP contribution in [0.1, 0.15) is 49.6 Å². The Hall–Kier alpha value is -1.14. The molecule has 116 valence electrons. The molecule has 1 aromatic rings. The molecule has 0 amide bonds. The number of nitrogens with zero attached hydrogens (tertiary/aromatic N) is 1. The molecule has 6 heteroatoms. The molecule has 1 fully saturated rings. The highest BCUT2D eigenvalue weighted by Crippen LogP contribution is 2.40. The third-order valence-corrected chi connectivity index (χ3v) is 5.34. The second-order valence-electron chi connectivity index (χ2n) is 5.97. The van der Waals surface area contributed by atoms with Crippen molar-refractivity contribution in [1.29, 1.82) is 0 Å². The Labute approximate surface area is 129 Å². The van der Waals surface area contributed by atoms with Crippen molar-refractivity contribution in [3.05, 3.63) is 10.6 Å². The lowest BCUT2D eigenvalue weighted by molar-refractivity contribution is -0.145. The fraction of sp³-hybridized carbons (Fsp3) is 0.733. The molecule has 1 aliphatic carbocycles. The lowest BCUT2D eigenvalue weighted by Crippen LogP contribution is -2.40. The van der Waals surface area contributed by atoms with Gasteiger partial charge in [0.2, 0.25) is 0 Å². The number of aryl methyl sites for hydroxylation is 1. The minimum atomic E-state index is -0.172. The molecule has 0 spiro atoms. The van der Waals surface area contributed by atoms with Gasteiger partial charge in [-0.25, -0.2) is 4.98 Å². The third-order valence-electron chi connectivity index (χ3n) is 4.29. The first-order chi connectivity index (χ1) is 10.1. The molecule has 21 heavy (non-hydrogen) atoms. The van der Waals surface area contributed by atoms with Crippen molar-refractivity contribution in [1.82, 2.24) is 4.98 Å². The smallest absolute Gasteiger partial charge is 0.315 e. The van der Waals surface area contributed by atoms with Crippen molar-refractivity contribution in [3.8, 4) is 0 Å². The zero-order valence-corrected chi connectivity index (χ0v) is 13.4. The molecular weight excluding hydrogens is 288 g/mol. The molecule has 1 N–H and O–H groups in total. The van der Waals surface area contributed by atoms with Crippen molar-refractivity contribution in [2.75, 3.05) is 25.1 Å². The highest BCUT2D eigenvalue weighted by Gasteiger charge is 2.35. The molecule has 0 aromatic carbocycles. The van der Waals surface area contributed by atoms with E-state index in [1.165, 1.54) is 4.88 Å². The lowest BCUT2D eigenvalue weighted by atomic mass is 9.93. The molecular formula is C15H22N2O3S. The average Bonchev–Trinajstić information content (AvgIpc) is 2.98. The van der Waals surface area contributed by atoms with Gasteiger partial charge in [-0.05, 0) is 39.5 Å². The van der Waals surface area contributed by atoms with E-state index >= 15 is 0 Å². The first kappa shape index (κ1) is 14.8. The van der Waals surface area contributed by atoms with Gasteiger partial charge in [-0.2, -0.15) is 0 Å². The zero-order chi connectivity index (χ0) is 14.9. The van der Waals surface area contributed by atoms with Crippen molar-refractivity contribution in [3.63, 3.8) is 0 Å². The van der Waals surface area contributed by atoms with Crippen LogP contribution in [0.3, 0.4) is 0 Å². The van der Waals surface area contributed by atoms with Gasteiger partial charge >= 0.3 is 5.97 Å². The second kappa shape index (κ2) is 5.93. The van der Waals surface area contributed by atoms with Gasteiger partial charge in [-0.1, -0.05) is 0 Å². The van der Waals surface area contributed by atoms with Gasteiger partial charge in [0.15, 0.2) is 5.13 Å². The Bertz CT molecular complexity index is 523. The number of thiazole rings is 1. The Kier molecular flexibility index (Phi) is 4.17. The van der Waals surface area contributed by atoms with Crippen LogP contribution in [0.4, 0.5) is 5.13 Å². The second-order valence-corrected chi connectivity index (χ2v) is 7.05. The van der Waals surface area contributed by atoms with Gasteiger partial charge in [0.25, 0.3) is 0 Å². The van der Waals surface area contributed by atoms with Crippen LogP contribution in [0.5, 0.6) is 0 Å². The summed E-state index contributed by atoms with van der Waals surface area (Å²) in [7, 11) is 0. The largest absolute Gasteiger partial charge is 0.465 e. The first-order valence-corrected chi connectivity index (χ1v) is 8.45. The standard InChI is InChI=1S/C15H22N2O3S/c1-3-20-13(18)10-4-5-11-12(10)16-14(21-11)17-15(2)6-8-19-9-7-15/h10H,3-9H2,1-2H3,(H,16,17). The number of nitrogens with one attached hydrogen (secondary N) is 1. The number of carbonyl (C=O) groups is 1. The Morgan fingerprint density at radius 1 is 1.52 bits per heavy atom. The summed E-state index contributed by atoms with van der Waals surface area (Å²) < 4.78 is 10.6. The van der Waals surface area contributed by atoms with Crippen LogP contribution in [-0.2, 0) is 20.7 Å². The van der Waals surface area contributed by atoms with E-state index in [1.54, 1.807) is 11.3 Å². The fourth-order valence-corrected chi connectivity index (χ4v) is 4.15. The van der Waals surface area contributed by atoms with E-state index < -0.39 is 0 Å². The predicted molar refractivity (Wildman–Crippen MR) is 81.9 cm³/mol. The topological polar surface area (TPSA) is 60.5 Å². The number of hydrogen-bond acceptors (Lipinski definition) is 6. The van der Waals surface area contributed by atoms with Crippen LogP contribution in [0.25, 0.3) is 0 Å². The summed E-state index contributed by atoms with van der Waals surface area (Å²) in [4.78, 5) is 17.9. The van der Waals surface area contributed by atoms with Crippen molar-refractivity contribution < 1.29 is 14.3 Å². The summed E-state index contributed by atoms with van der Waals surface area (Å²) in [5, 5.41) is 4.48. The van der Waals surface area contributed by atoms with E-state index in [2.05, 4.69) is 17.2 Å². The van der Waals surface area contributed by atoms with Crippen molar-refractivity contribution >= 4 is 22.4 Å². The van der Waals surface area contributed by atoms with E-state index in [4.69, 9.17) is 9.47 Å². The van der Waals surface area contributed by atoms with Crippen molar-refractivity contribution in [2.45, 2.75) is 51.0 Å². The highest BCUT2D eigenvalue weighted by molar-refractivity contribution is 7.15. The summed E-state index contributed by atoms with van der Waals surface area (Å²) in [5.74, 6) is -0.306. The molecule has 3 rings (SSSR count). The summed E-state index contributed by atoms with van der Waals surface area (Å²) >= 11 is 1.68. The number of ether oxygens (including phenoxy) is 2. The summed E-state index contributed by atoms with van der Waals surface area (Å²) in [5.41, 5.74) is 0.972. The predicted octanol–water partition coefficient (Wildman–Crippen LogP) is 2.72. The molecule has 5 nitrogen and oxygen atoms in total. The molecule has 2 heterocycles. The molecule has 0 saturated carbocycles. The minimum Gasteiger partial charge on any atom is -0.465 e. The molecule has 1 atom stereocenters. The Morgan fingerprint density at radius 3 is 3.00 bits per heavy atom. The van der Waals surface area contributed by atoms with Gasteiger partial charge < -0.3 is 14.8 Å². The quantitative estimate of drug-likeness (QED) is 0.867. The molecule has 0 bridgehead atoms. The molecule has 1 saturated heterocycles. The van der Waals surface area contributed by atoms with Crippen LogP contribution in [0.2, 0.25) is 0 Å². The SMILES string of the molecule is CCOC(=O)C1CCc2sc(NC3(C)CCOCC3)nc21. The fourth-order valence-electron chi connectivity index (χ4n) is 2.96. The summed E-state index contributed by atoms with van der Waals surface area (Å²) in [6.45, 7) is 6.07. The van der Waals surface area contributed by atoms with Gasteiger partial charge in [0.05, 0.1) is 12.3 Å². The van der Waals surface area contributed by atoms with Crippen molar-refractivity contribution in [2.24, 2.45) is 0 Å². The van der Waals surface area contributed by atoms with Gasteiger partial charge in [0, 0.05) is 23.6 Å². The normalized spacial score (nSPS) is 23.6. The average molecular weight is 310 g/mol. The third kappa shape index (κ3) is 3.06. The number of fused-ring (bicyclic) bond motifs is 1. The maximum Gasteiger partial charge on any atom is 0.315 e. The van der Waals surface area contributed by atoms with Crippen LogP contribution < -0.4 is 5.32 Å². The van der Waals surface area contributed by atoms with Crippen LogP contribution in [0, 0.1) is 0 Å². The Balaban J connectivity index is 1.72. The summed E-state index contributed by atoms with van der Waals surface area (Å²) in [6, 6.07) is 0. The number of hydrogen-bond donors (Lipinski definition) is 1. The van der Waals surface area contributed by atoms with E-state index in [1.807, 2.05) is 6.92 Å². The minimum absolute atomic E-state index is 0.0449. The molecule has 1 unspecified atom stereocenters. The molecule has 0 radical (unpaired) electrons. The number of rotatable bonds is 4. The number of anilines is 1. The first-order valence-electron chi connectivity index (χ1n) is 7.63. The molecule has 1 aliphatic heterocycles. The lowest BCUT2D eigenvalue weighted by Gasteiger charge is -2.34. The number of esters is 1. The van der Waals surface area contributed by atoms with Gasteiger partial charge in [0.1, 0.15) is 5.92 Å². The van der Waals surface area contributed by atoms with Gasteiger partial charge in [-0.3, -0.25) is 4.79 Å². The van der Waals surface area contributed by atoms with Crippen LogP contribution in [0.15, 0.2) is 0 Å². The van der Waals surface area contributed by atoms with E-state index in [9.17, 15) is 4.79 Å².